The zero-order chi connectivity index (χ0) is 17.5. The molecule has 1 saturated heterocycles. The first kappa shape index (κ1) is 18.6. The zero-order valence-electron chi connectivity index (χ0n) is 15.3. The molecule has 5 heteroatoms. The van der Waals surface area contributed by atoms with E-state index in [0.29, 0.717) is 17.1 Å². The standard InChI is InChI=1S/C19H30N2O3/c1-5-10-21-11-8-16(9-12-21)20-19(22)15-6-7-17(24-14(2)3)18(13-15)23-4/h6-7,13-14,16H,5,8-12H2,1-4H3,(H,20,22). The van der Waals surface area contributed by atoms with Crippen molar-refractivity contribution in [2.75, 3.05) is 26.7 Å². The first-order chi connectivity index (χ1) is 11.5. The molecule has 2 rings (SSSR count). The second-order valence-corrected chi connectivity index (χ2v) is 6.62. The maximum Gasteiger partial charge on any atom is 0.251 e. The molecule has 24 heavy (non-hydrogen) atoms. The lowest BCUT2D eigenvalue weighted by Gasteiger charge is -2.32. The minimum Gasteiger partial charge on any atom is -0.493 e. The number of methoxy groups -OCH3 is 1. The molecule has 0 spiro atoms. The smallest absolute Gasteiger partial charge is 0.251 e. The van der Waals surface area contributed by atoms with Crippen LogP contribution in [0.1, 0.15) is 50.4 Å². The Labute approximate surface area is 145 Å². The van der Waals surface area contributed by atoms with Gasteiger partial charge in [-0.15, -0.1) is 0 Å². The number of ether oxygens (including phenoxy) is 2. The molecular formula is C19H30N2O3. The quantitative estimate of drug-likeness (QED) is 0.832. The Hall–Kier alpha value is -1.75. The monoisotopic (exact) mass is 334 g/mol. The number of nitrogens with zero attached hydrogens (tertiary/aromatic N) is 1. The predicted octanol–water partition coefficient (Wildman–Crippen LogP) is 3.09. The highest BCUT2D eigenvalue weighted by molar-refractivity contribution is 5.95. The summed E-state index contributed by atoms with van der Waals surface area (Å²) in [5, 5.41) is 3.15. The summed E-state index contributed by atoms with van der Waals surface area (Å²) in [4.78, 5) is 15.0. The Morgan fingerprint density at radius 1 is 1.29 bits per heavy atom. The van der Waals surface area contributed by atoms with E-state index in [-0.39, 0.29) is 18.1 Å². The molecule has 5 nitrogen and oxygen atoms in total. The van der Waals surface area contributed by atoms with Gasteiger partial charge in [0.05, 0.1) is 13.2 Å². The number of hydrogen-bond donors (Lipinski definition) is 1. The molecule has 0 aliphatic carbocycles. The van der Waals surface area contributed by atoms with E-state index in [0.717, 1.165) is 32.5 Å². The average Bonchev–Trinajstić information content (AvgIpc) is 2.56. The van der Waals surface area contributed by atoms with Crippen molar-refractivity contribution in [3.05, 3.63) is 23.8 Å². The highest BCUT2D eigenvalue weighted by Gasteiger charge is 2.21. The lowest BCUT2D eigenvalue weighted by atomic mass is 10.0. The van der Waals surface area contributed by atoms with Crippen LogP contribution < -0.4 is 14.8 Å². The molecule has 1 N–H and O–H groups in total. The molecule has 134 valence electrons. The highest BCUT2D eigenvalue weighted by atomic mass is 16.5. The van der Waals surface area contributed by atoms with E-state index >= 15 is 0 Å². The molecular weight excluding hydrogens is 304 g/mol. The Kier molecular flexibility index (Phi) is 6.91. The second-order valence-electron chi connectivity index (χ2n) is 6.62. The van der Waals surface area contributed by atoms with Crippen LogP contribution in [0.4, 0.5) is 0 Å². The largest absolute Gasteiger partial charge is 0.493 e. The molecule has 0 unspecified atom stereocenters. The molecule has 1 aromatic carbocycles. The molecule has 1 aliphatic rings. The van der Waals surface area contributed by atoms with Gasteiger partial charge in [0.2, 0.25) is 0 Å². The van der Waals surface area contributed by atoms with E-state index in [1.807, 2.05) is 13.8 Å². The third-order valence-electron chi connectivity index (χ3n) is 4.25. The molecule has 1 aliphatic heterocycles. The fraction of sp³-hybridized carbons (Fsp3) is 0.632. The number of likely N-dealkylation sites (tertiary alicyclic amines) is 1. The summed E-state index contributed by atoms with van der Waals surface area (Å²) in [5.74, 6) is 1.21. The third-order valence-corrected chi connectivity index (χ3v) is 4.25. The van der Waals surface area contributed by atoms with Crippen LogP contribution in [0.5, 0.6) is 11.5 Å². The van der Waals surface area contributed by atoms with Crippen LogP contribution in [0.2, 0.25) is 0 Å². The van der Waals surface area contributed by atoms with E-state index in [1.54, 1.807) is 25.3 Å². The number of carbonyl (C=O) groups excluding carboxylic acids is 1. The van der Waals surface area contributed by atoms with E-state index < -0.39 is 0 Å². The first-order valence-corrected chi connectivity index (χ1v) is 8.91. The molecule has 0 bridgehead atoms. The van der Waals surface area contributed by atoms with E-state index in [4.69, 9.17) is 9.47 Å². The average molecular weight is 334 g/mol. The number of hydrogen-bond acceptors (Lipinski definition) is 4. The SMILES string of the molecule is CCCN1CCC(NC(=O)c2ccc(OC(C)C)c(OC)c2)CC1. The number of amides is 1. The summed E-state index contributed by atoms with van der Waals surface area (Å²) < 4.78 is 11.0. The van der Waals surface area contributed by atoms with Crippen LogP contribution in [0.15, 0.2) is 18.2 Å². The van der Waals surface area contributed by atoms with Crippen LogP contribution in [0.25, 0.3) is 0 Å². The number of rotatable bonds is 7. The van der Waals surface area contributed by atoms with Gasteiger partial charge in [-0.2, -0.15) is 0 Å². The van der Waals surface area contributed by atoms with Gasteiger partial charge in [-0.05, 0) is 57.9 Å². The zero-order valence-corrected chi connectivity index (χ0v) is 15.3. The van der Waals surface area contributed by atoms with Crippen molar-refractivity contribution in [3.8, 4) is 11.5 Å². The van der Waals surface area contributed by atoms with Crippen molar-refractivity contribution in [2.45, 2.75) is 52.2 Å². The van der Waals surface area contributed by atoms with Gasteiger partial charge >= 0.3 is 0 Å². The number of piperidine rings is 1. The summed E-state index contributed by atoms with van der Waals surface area (Å²) in [5.41, 5.74) is 0.610. The van der Waals surface area contributed by atoms with Gasteiger partial charge in [-0.25, -0.2) is 0 Å². The fourth-order valence-corrected chi connectivity index (χ4v) is 3.05. The summed E-state index contributed by atoms with van der Waals surface area (Å²) in [6.45, 7) is 9.39. The lowest BCUT2D eigenvalue weighted by Crippen LogP contribution is -2.44. The first-order valence-electron chi connectivity index (χ1n) is 8.91. The number of carbonyl (C=O) groups is 1. The number of benzene rings is 1. The molecule has 1 aromatic rings. The van der Waals surface area contributed by atoms with Crippen molar-refractivity contribution in [3.63, 3.8) is 0 Å². The topological polar surface area (TPSA) is 50.8 Å². The summed E-state index contributed by atoms with van der Waals surface area (Å²) >= 11 is 0. The van der Waals surface area contributed by atoms with Crippen molar-refractivity contribution >= 4 is 5.91 Å². The third kappa shape index (κ3) is 5.13. The van der Waals surface area contributed by atoms with Crippen LogP contribution in [-0.4, -0.2) is 49.7 Å². The maximum atomic E-state index is 12.5. The molecule has 1 amide bonds. The molecule has 0 aromatic heterocycles. The van der Waals surface area contributed by atoms with Crippen LogP contribution >= 0.6 is 0 Å². The maximum absolute atomic E-state index is 12.5. The van der Waals surface area contributed by atoms with Crippen molar-refractivity contribution < 1.29 is 14.3 Å². The fourth-order valence-electron chi connectivity index (χ4n) is 3.05. The van der Waals surface area contributed by atoms with Gasteiger partial charge in [-0.3, -0.25) is 4.79 Å². The molecule has 0 atom stereocenters. The summed E-state index contributed by atoms with van der Waals surface area (Å²) in [6.07, 6.45) is 3.27. The Bertz CT molecular complexity index is 537. The Morgan fingerprint density at radius 2 is 2.00 bits per heavy atom. The van der Waals surface area contributed by atoms with E-state index in [9.17, 15) is 4.79 Å². The van der Waals surface area contributed by atoms with Gasteiger partial charge in [0, 0.05) is 24.7 Å². The Morgan fingerprint density at radius 3 is 2.58 bits per heavy atom. The molecule has 0 radical (unpaired) electrons. The molecule has 1 fully saturated rings. The van der Waals surface area contributed by atoms with Gasteiger partial charge in [-0.1, -0.05) is 6.92 Å². The Balaban J connectivity index is 1.95. The predicted molar refractivity (Wildman–Crippen MR) is 96.0 cm³/mol. The minimum atomic E-state index is -0.0432. The highest BCUT2D eigenvalue weighted by Crippen LogP contribution is 2.29. The van der Waals surface area contributed by atoms with Gasteiger partial charge < -0.3 is 19.7 Å². The van der Waals surface area contributed by atoms with Gasteiger partial charge in [0.15, 0.2) is 11.5 Å². The van der Waals surface area contributed by atoms with Crippen molar-refractivity contribution in [1.82, 2.24) is 10.2 Å². The van der Waals surface area contributed by atoms with Gasteiger partial charge in [0.1, 0.15) is 0 Å². The molecule has 1 heterocycles. The van der Waals surface area contributed by atoms with Crippen LogP contribution in [-0.2, 0) is 0 Å². The van der Waals surface area contributed by atoms with Crippen LogP contribution in [0, 0.1) is 0 Å². The summed E-state index contributed by atoms with van der Waals surface area (Å²) in [7, 11) is 1.59. The van der Waals surface area contributed by atoms with Crippen molar-refractivity contribution in [2.24, 2.45) is 0 Å². The minimum absolute atomic E-state index is 0.0432. The number of nitrogens with one attached hydrogen (secondary N) is 1. The summed E-state index contributed by atoms with van der Waals surface area (Å²) in [6, 6.07) is 5.60. The van der Waals surface area contributed by atoms with Crippen molar-refractivity contribution in [1.29, 1.82) is 0 Å². The second kappa shape index (κ2) is 8.92. The van der Waals surface area contributed by atoms with Gasteiger partial charge in [0.25, 0.3) is 5.91 Å². The lowest BCUT2D eigenvalue weighted by molar-refractivity contribution is 0.0910. The van der Waals surface area contributed by atoms with E-state index in [1.165, 1.54) is 6.42 Å². The molecule has 0 saturated carbocycles. The van der Waals surface area contributed by atoms with E-state index in [2.05, 4.69) is 17.1 Å². The van der Waals surface area contributed by atoms with Crippen LogP contribution in [0.3, 0.4) is 0 Å². The normalized spacial score (nSPS) is 16.2.